The number of nitrogens with zero attached hydrogens (tertiary/aromatic N) is 4. The Labute approximate surface area is 166 Å². The highest BCUT2D eigenvalue weighted by Gasteiger charge is 2.12. The van der Waals surface area contributed by atoms with Crippen LogP contribution in [0.15, 0.2) is 30.9 Å². The molecule has 0 spiro atoms. The Morgan fingerprint density at radius 3 is 2.89 bits per heavy atom. The molecule has 0 aliphatic carbocycles. The van der Waals surface area contributed by atoms with E-state index in [-0.39, 0.29) is 6.03 Å². The molecule has 7 nitrogen and oxygen atoms in total. The zero-order valence-electron chi connectivity index (χ0n) is 15.4. The molecule has 0 saturated carbocycles. The lowest BCUT2D eigenvalue weighted by Crippen LogP contribution is -2.30. The zero-order valence-corrected chi connectivity index (χ0v) is 16.9. The lowest BCUT2D eigenvalue weighted by Gasteiger charge is -2.05. The van der Waals surface area contributed by atoms with Crippen molar-refractivity contribution < 1.29 is 4.79 Å². The lowest BCUT2D eigenvalue weighted by molar-refractivity contribution is 0.252. The zero-order chi connectivity index (χ0) is 19.4. The van der Waals surface area contributed by atoms with Gasteiger partial charge in [-0.1, -0.05) is 22.9 Å². The first kappa shape index (κ1) is 19.3. The van der Waals surface area contributed by atoms with E-state index in [1.807, 2.05) is 30.1 Å². The van der Waals surface area contributed by atoms with Gasteiger partial charge in [0.2, 0.25) is 0 Å². The van der Waals surface area contributed by atoms with E-state index < -0.39 is 0 Å². The van der Waals surface area contributed by atoms with E-state index >= 15 is 0 Å². The molecule has 0 atom stereocenters. The minimum absolute atomic E-state index is 0.286. The van der Waals surface area contributed by atoms with Crippen molar-refractivity contribution in [1.29, 1.82) is 0 Å². The number of amides is 2. The third-order valence-electron chi connectivity index (χ3n) is 3.92. The number of hydrogen-bond acceptors (Lipinski definition) is 5. The summed E-state index contributed by atoms with van der Waals surface area (Å²) in [5.41, 5.74) is 2.71. The predicted octanol–water partition coefficient (Wildman–Crippen LogP) is 4.31. The summed E-state index contributed by atoms with van der Waals surface area (Å²) in [6.07, 6.45) is 6.13. The molecule has 0 aliphatic rings. The molecule has 9 heteroatoms. The van der Waals surface area contributed by atoms with Gasteiger partial charge in [-0.2, -0.15) is 0 Å². The summed E-state index contributed by atoms with van der Waals surface area (Å²) in [7, 11) is 0. The average molecular weight is 405 g/mol. The van der Waals surface area contributed by atoms with Crippen LogP contribution in [0, 0.1) is 6.92 Å². The maximum absolute atomic E-state index is 12.1. The van der Waals surface area contributed by atoms with Gasteiger partial charge in [0, 0.05) is 31.4 Å². The van der Waals surface area contributed by atoms with Crippen LogP contribution < -0.4 is 10.6 Å². The standard InChI is InChI=1S/C18H21ClN6OS/c1-11(2)25-9-14(22-10-25)5-7-21-17(26)24-18-23-12(3)16(27-18)13-4-6-20-15(19)8-13/h4,6,8-11H,5,7H2,1-3H3,(H2,21,23,24,26). The molecule has 0 aliphatic heterocycles. The van der Waals surface area contributed by atoms with Crippen molar-refractivity contribution in [2.75, 3.05) is 11.9 Å². The highest BCUT2D eigenvalue weighted by atomic mass is 35.5. The molecule has 0 bridgehead atoms. The van der Waals surface area contributed by atoms with Crippen LogP contribution in [-0.2, 0) is 6.42 Å². The summed E-state index contributed by atoms with van der Waals surface area (Å²) in [5, 5.41) is 6.57. The maximum atomic E-state index is 12.1. The summed E-state index contributed by atoms with van der Waals surface area (Å²) < 4.78 is 2.04. The highest BCUT2D eigenvalue weighted by molar-refractivity contribution is 7.19. The Bertz CT molecular complexity index is 936. The molecule has 142 valence electrons. The van der Waals surface area contributed by atoms with Crippen molar-refractivity contribution in [3.8, 4) is 10.4 Å². The van der Waals surface area contributed by atoms with Gasteiger partial charge >= 0.3 is 6.03 Å². The maximum Gasteiger partial charge on any atom is 0.321 e. The number of pyridine rings is 1. The van der Waals surface area contributed by atoms with Crippen LogP contribution in [0.4, 0.5) is 9.93 Å². The number of carbonyl (C=O) groups is 1. The van der Waals surface area contributed by atoms with Crippen LogP contribution in [0.3, 0.4) is 0 Å². The van der Waals surface area contributed by atoms with Crippen molar-refractivity contribution in [2.24, 2.45) is 0 Å². The summed E-state index contributed by atoms with van der Waals surface area (Å²) in [6.45, 7) is 6.59. The van der Waals surface area contributed by atoms with Gasteiger partial charge in [-0.05, 0) is 38.5 Å². The molecule has 27 heavy (non-hydrogen) atoms. The number of rotatable bonds is 6. The number of thiazole rings is 1. The average Bonchev–Trinajstić information content (AvgIpc) is 3.22. The molecule has 0 aromatic carbocycles. The Hall–Kier alpha value is -2.45. The molecule has 3 aromatic rings. The van der Waals surface area contributed by atoms with Crippen LogP contribution in [0.1, 0.15) is 31.3 Å². The number of anilines is 1. The summed E-state index contributed by atoms with van der Waals surface area (Å²) >= 11 is 7.35. The summed E-state index contributed by atoms with van der Waals surface area (Å²) in [5.74, 6) is 0. The fourth-order valence-electron chi connectivity index (χ4n) is 2.50. The van der Waals surface area contributed by atoms with Crippen molar-refractivity contribution in [3.63, 3.8) is 0 Å². The van der Waals surface area contributed by atoms with Crippen molar-refractivity contribution >= 4 is 34.1 Å². The number of hydrogen-bond donors (Lipinski definition) is 2. The van der Waals surface area contributed by atoms with Gasteiger partial charge in [0.15, 0.2) is 5.13 Å². The molecule has 0 unspecified atom stereocenters. The van der Waals surface area contributed by atoms with E-state index in [0.29, 0.717) is 29.3 Å². The van der Waals surface area contributed by atoms with E-state index in [2.05, 4.69) is 39.4 Å². The van der Waals surface area contributed by atoms with E-state index in [1.54, 1.807) is 12.3 Å². The fraction of sp³-hybridized carbons (Fsp3) is 0.333. The third-order valence-corrected chi connectivity index (χ3v) is 5.25. The SMILES string of the molecule is Cc1nc(NC(=O)NCCc2cn(C(C)C)cn2)sc1-c1ccnc(Cl)c1. The smallest absolute Gasteiger partial charge is 0.321 e. The van der Waals surface area contributed by atoms with Crippen molar-refractivity contribution in [1.82, 2.24) is 24.8 Å². The summed E-state index contributed by atoms with van der Waals surface area (Å²) in [6, 6.07) is 3.74. The summed E-state index contributed by atoms with van der Waals surface area (Å²) in [4.78, 5) is 25.8. The number of nitrogens with one attached hydrogen (secondary N) is 2. The molecule has 0 saturated heterocycles. The Morgan fingerprint density at radius 1 is 1.37 bits per heavy atom. The second kappa shape index (κ2) is 8.49. The van der Waals surface area contributed by atoms with Gasteiger partial charge in [0.1, 0.15) is 5.15 Å². The Morgan fingerprint density at radius 2 is 2.19 bits per heavy atom. The van der Waals surface area contributed by atoms with Crippen LogP contribution in [0.5, 0.6) is 0 Å². The van der Waals surface area contributed by atoms with E-state index in [0.717, 1.165) is 21.8 Å². The van der Waals surface area contributed by atoms with Gasteiger partial charge in [-0.3, -0.25) is 5.32 Å². The quantitative estimate of drug-likeness (QED) is 0.599. The fourth-order valence-corrected chi connectivity index (χ4v) is 3.63. The molecule has 2 amide bonds. The van der Waals surface area contributed by atoms with Gasteiger partial charge in [-0.15, -0.1) is 0 Å². The monoisotopic (exact) mass is 404 g/mol. The molecule has 2 N–H and O–H groups in total. The highest BCUT2D eigenvalue weighted by Crippen LogP contribution is 2.33. The number of carbonyl (C=O) groups excluding carboxylic acids is 1. The predicted molar refractivity (Wildman–Crippen MR) is 108 cm³/mol. The van der Waals surface area contributed by atoms with Gasteiger partial charge in [0.05, 0.1) is 22.6 Å². The van der Waals surface area contributed by atoms with E-state index in [1.165, 1.54) is 11.3 Å². The second-order valence-corrected chi connectivity index (χ2v) is 7.72. The topological polar surface area (TPSA) is 84.7 Å². The molecule has 0 fully saturated rings. The van der Waals surface area contributed by atoms with Crippen LogP contribution in [0.2, 0.25) is 5.15 Å². The number of aromatic nitrogens is 4. The van der Waals surface area contributed by atoms with Crippen molar-refractivity contribution in [2.45, 2.75) is 33.2 Å². The minimum atomic E-state index is -0.286. The first-order valence-electron chi connectivity index (χ1n) is 8.59. The third kappa shape index (κ3) is 5.05. The molecule has 3 heterocycles. The second-order valence-electron chi connectivity index (χ2n) is 6.34. The largest absolute Gasteiger partial charge is 0.337 e. The molecular formula is C18H21ClN6OS. The van der Waals surface area contributed by atoms with E-state index in [4.69, 9.17) is 11.6 Å². The Kier molecular flexibility index (Phi) is 6.08. The van der Waals surface area contributed by atoms with Crippen LogP contribution in [-0.4, -0.2) is 32.1 Å². The Balaban J connectivity index is 1.54. The first-order chi connectivity index (χ1) is 12.9. The number of imidazole rings is 1. The van der Waals surface area contributed by atoms with Gasteiger partial charge in [-0.25, -0.2) is 19.7 Å². The normalized spacial score (nSPS) is 11.0. The van der Waals surface area contributed by atoms with Crippen LogP contribution >= 0.6 is 22.9 Å². The molecular weight excluding hydrogens is 384 g/mol. The number of aryl methyl sites for hydroxylation is 1. The van der Waals surface area contributed by atoms with Gasteiger partial charge < -0.3 is 9.88 Å². The molecule has 0 radical (unpaired) electrons. The van der Waals surface area contributed by atoms with Gasteiger partial charge in [0.25, 0.3) is 0 Å². The van der Waals surface area contributed by atoms with E-state index in [9.17, 15) is 4.79 Å². The van der Waals surface area contributed by atoms with Crippen LogP contribution in [0.25, 0.3) is 10.4 Å². The van der Waals surface area contributed by atoms with Crippen molar-refractivity contribution in [3.05, 3.63) is 47.4 Å². The lowest BCUT2D eigenvalue weighted by atomic mass is 10.2. The number of urea groups is 1. The molecule has 3 rings (SSSR count). The minimum Gasteiger partial charge on any atom is -0.337 e. The number of halogens is 1. The first-order valence-corrected chi connectivity index (χ1v) is 9.78. The molecule has 3 aromatic heterocycles.